The largest absolute Gasteiger partial charge is 0.484 e. The van der Waals surface area contributed by atoms with E-state index in [0.717, 1.165) is 24.2 Å². The minimum atomic E-state index is -0.0908. The van der Waals surface area contributed by atoms with Crippen molar-refractivity contribution in [1.82, 2.24) is 0 Å². The van der Waals surface area contributed by atoms with Crippen LogP contribution in [-0.2, 0) is 6.42 Å². The maximum absolute atomic E-state index is 6.01. The molecule has 1 unspecified atom stereocenters. The van der Waals surface area contributed by atoms with Crippen molar-refractivity contribution in [2.24, 2.45) is 5.73 Å². The summed E-state index contributed by atoms with van der Waals surface area (Å²) < 4.78 is 6.01. The summed E-state index contributed by atoms with van der Waals surface area (Å²) in [5.41, 5.74) is 9.56. The van der Waals surface area contributed by atoms with E-state index in [1.165, 1.54) is 11.1 Å². The molecule has 0 saturated heterocycles. The molecule has 106 valence electrons. The zero-order chi connectivity index (χ0) is 14.4. The van der Waals surface area contributed by atoms with Crippen LogP contribution in [0.4, 0.5) is 0 Å². The van der Waals surface area contributed by atoms with E-state index in [0.29, 0.717) is 6.54 Å². The highest BCUT2D eigenvalue weighted by Gasteiger charge is 2.11. The van der Waals surface area contributed by atoms with Gasteiger partial charge in [0, 0.05) is 6.54 Å². The highest BCUT2D eigenvalue weighted by atomic mass is 16.5. The molecule has 2 aromatic rings. The number of hydrogen-bond acceptors (Lipinski definition) is 2. The van der Waals surface area contributed by atoms with E-state index >= 15 is 0 Å². The molecular weight excluding hydrogens is 246 g/mol. The summed E-state index contributed by atoms with van der Waals surface area (Å²) in [6, 6.07) is 16.6. The highest BCUT2D eigenvalue weighted by molar-refractivity contribution is 5.30. The zero-order valence-corrected chi connectivity index (χ0v) is 12.3. The molecule has 2 aromatic carbocycles. The molecule has 0 bridgehead atoms. The quantitative estimate of drug-likeness (QED) is 0.859. The number of nitrogens with two attached hydrogens (primary N) is 1. The number of rotatable bonds is 6. The lowest BCUT2D eigenvalue weighted by Gasteiger charge is -2.18. The van der Waals surface area contributed by atoms with Crippen molar-refractivity contribution >= 4 is 0 Å². The van der Waals surface area contributed by atoms with E-state index in [9.17, 15) is 0 Å². The van der Waals surface area contributed by atoms with Gasteiger partial charge in [-0.15, -0.1) is 0 Å². The van der Waals surface area contributed by atoms with Gasteiger partial charge in [-0.3, -0.25) is 0 Å². The van der Waals surface area contributed by atoms with Crippen LogP contribution < -0.4 is 10.5 Å². The molecule has 0 amide bonds. The molecule has 1 atom stereocenters. The van der Waals surface area contributed by atoms with Crippen LogP contribution in [0.5, 0.6) is 5.75 Å². The average Bonchev–Trinajstić information content (AvgIpc) is 2.47. The molecule has 0 aliphatic rings. The summed E-state index contributed by atoms with van der Waals surface area (Å²) >= 11 is 0. The number of benzene rings is 2. The highest BCUT2D eigenvalue weighted by Crippen LogP contribution is 2.22. The van der Waals surface area contributed by atoms with Gasteiger partial charge < -0.3 is 10.5 Å². The molecule has 2 rings (SSSR count). The van der Waals surface area contributed by atoms with Gasteiger partial charge in [-0.25, -0.2) is 0 Å². The minimum absolute atomic E-state index is 0.0908. The van der Waals surface area contributed by atoms with Crippen molar-refractivity contribution in [2.45, 2.75) is 32.8 Å². The molecule has 2 N–H and O–H groups in total. The number of hydrogen-bond donors (Lipinski definition) is 1. The fraction of sp³-hybridized carbons (Fsp3) is 0.333. The zero-order valence-electron chi connectivity index (χ0n) is 12.3. The van der Waals surface area contributed by atoms with Crippen molar-refractivity contribution in [3.63, 3.8) is 0 Å². The lowest BCUT2D eigenvalue weighted by Crippen LogP contribution is -2.18. The third-order valence-corrected chi connectivity index (χ3v) is 3.37. The second-order valence-corrected chi connectivity index (χ2v) is 5.15. The van der Waals surface area contributed by atoms with Crippen LogP contribution >= 0.6 is 0 Å². The Morgan fingerprint density at radius 3 is 2.45 bits per heavy atom. The van der Waals surface area contributed by atoms with E-state index in [4.69, 9.17) is 10.5 Å². The lowest BCUT2D eigenvalue weighted by atomic mass is 10.1. The second-order valence-electron chi connectivity index (χ2n) is 5.15. The lowest BCUT2D eigenvalue weighted by molar-refractivity contribution is 0.214. The maximum atomic E-state index is 6.01. The van der Waals surface area contributed by atoms with E-state index in [1.807, 2.05) is 18.2 Å². The van der Waals surface area contributed by atoms with Gasteiger partial charge in [0.2, 0.25) is 0 Å². The van der Waals surface area contributed by atoms with Gasteiger partial charge in [0.05, 0.1) is 0 Å². The van der Waals surface area contributed by atoms with Crippen LogP contribution in [0.15, 0.2) is 48.5 Å². The van der Waals surface area contributed by atoms with E-state index in [1.54, 1.807) is 0 Å². The third kappa shape index (κ3) is 3.84. The summed E-state index contributed by atoms with van der Waals surface area (Å²) in [5, 5.41) is 0. The van der Waals surface area contributed by atoms with Gasteiger partial charge in [-0.2, -0.15) is 0 Å². The van der Waals surface area contributed by atoms with E-state index in [2.05, 4.69) is 44.2 Å². The van der Waals surface area contributed by atoms with Crippen LogP contribution in [0.3, 0.4) is 0 Å². The monoisotopic (exact) mass is 269 g/mol. The summed E-state index contributed by atoms with van der Waals surface area (Å²) in [6.07, 6.45) is 2.18. The molecule has 0 fully saturated rings. The van der Waals surface area contributed by atoms with Gasteiger partial charge in [0.25, 0.3) is 0 Å². The molecule has 0 heterocycles. The van der Waals surface area contributed by atoms with Crippen LogP contribution in [0.1, 0.15) is 36.1 Å². The van der Waals surface area contributed by atoms with Crippen molar-refractivity contribution in [3.8, 4) is 5.75 Å². The van der Waals surface area contributed by atoms with Crippen LogP contribution in [0, 0.1) is 6.92 Å². The van der Waals surface area contributed by atoms with Gasteiger partial charge in [0.15, 0.2) is 0 Å². The van der Waals surface area contributed by atoms with E-state index < -0.39 is 0 Å². The van der Waals surface area contributed by atoms with Gasteiger partial charge >= 0.3 is 0 Å². The molecular formula is C18H23NO. The Morgan fingerprint density at radius 1 is 1.10 bits per heavy atom. The Kier molecular flexibility index (Phi) is 5.19. The fourth-order valence-electron chi connectivity index (χ4n) is 2.31. The average molecular weight is 269 g/mol. The summed E-state index contributed by atoms with van der Waals surface area (Å²) in [5.74, 6) is 0.877. The van der Waals surface area contributed by atoms with Crippen molar-refractivity contribution in [3.05, 3.63) is 65.2 Å². The first-order valence-corrected chi connectivity index (χ1v) is 7.25. The second kappa shape index (κ2) is 7.11. The Bertz CT molecular complexity index is 533. The standard InChI is InChI=1S/C18H23NO/c1-3-5-15-8-10-17(11-9-15)20-18(13-19)16-7-4-6-14(2)12-16/h4,6-12,18H,3,5,13,19H2,1-2H3. The molecule has 20 heavy (non-hydrogen) atoms. The van der Waals surface area contributed by atoms with Crippen molar-refractivity contribution in [1.29, 1.82) is 0 Å². The molecule has 2 nitrogen and oxygen atoms in total. The first-order valence-electron chi connectivity index (χ1n) is 7.25. The van der Waals surface area contributed by atoms with Gasteiger partial charge in [-0.05, 0) is 36.6 Å². The van der Waals surface area contributed by atoms with Crippen LogP contribution in [0.2, 0.25) is 0 Å². The minimum Gasteiger partial charge on any atom is -0.484 e. The van der Waals surface area contributed by atoms with E-state index in [-0.39, 0.29) is 6.10 Å². The van der Waals surface area contributed by atoms with Crippen LogP contribution in [-0.4, -0.2) is 6.54 Å². The first-order chi connectivity index (χ1) is 9.72. The first kappa shape index (κ1) is 14.6. The fourth-order valence-corrected chi connectivity index (χ4v) is 2.31. The smallest absolute Gasteiger partial charge is 0.136 e. The Morgan fingerprint density at radius 2 is 1.85 bits per heavy atom. The molecule has 0 spiro atoms. The molecule has 0 aromatic heterocycles. The third-order valence-electron chi connectivity index (χ3n) is 3.37. The van der Waals surface area contributed by atoms with Crippen LogP contribution in [0.25, 0.3) is 0 Å². The topological polar surface area (TPSA) is 35.2 Å². The Hall–Kier alpha value is -1.80. The van der Waals surface area contributed by atoms with Crippen molar-refractivity contribution < 1.29 is 4.74 Å². The normalized spacial score (nSPS) is 12.2. The van der Waals surface area contributed by atoms with Gasteiger partial charge in [-0.1, -0.05) is 55.3 Å². The molecule has 2 heteroatoms. The SMILES string of the molecule is CCCc1ccc(OC(CN)c2cccc(C)c2)cc1. The molecule has 0 radical (unpaired) electrons. The van der Waals surface area contributed by atoms with Crippen molar-refractivity contribution in [2.75, 3.05) is 6.54 Å². The predicted molar refractivity (Wildman–Crippen MR) is 84.0 cm³/mol. The summed E-state index contributed by atoms with van der Waals surface area (Å²) in [4.78, 5) is 0. The van der Waals surface area contributed by atoms with Gasteiger partial charge in [0.1, 0.15) is 11.9 Å². The Balaban J connectivity index is 2.09. The maximum Gasteiger partial charge on any atom is 0.136 e. The summed E-state index contributed by atoms with van der Waals surface area (Å²) in [7, 11) is 0. The Labute approximate surface area is 121 Å². The number of ether oxygens (including phenoxy) is 1. The predicted octanol–water partition coefficient (Wildman–Crippen LogP) is 4.03. The molecule has 0 saturated carbocycles. The summed E-state index contributed by atoms with van der Waals surface area (Å²) in [6.45, 7) is 4.74. The molecule has 0 aliphatic carbocycles. The number of aryl methyl sites for hydroxylation is 2. The molecule has 0 aliphatic heterocycles.